The van der Waals surface area contributed by atoms with Crippen LogP contribution in [0.1, 0.15) is 70.8 Å². The molecule has 24 heavy (non-hydrogen) atoms. The molecule has 1 saturated heterocycles. The molecular weight excluding hydrogens is 316 g/mol. The lowest BCUT2D eigenvalue weighted by molar-refractivity contribution is 0.220. The van der Waals surface area contributed by atoms with Crippen molar-refractivity contribution in [3.8, 4) is 0 Å². The van der Waals surface area contributed by atoms with Gasteiger partial charge in [-0.15, -0.1) is 12.4 Å². The van der Waals surface area contributed by atoms with Crippen molar-refractivity contribution in [3.05, 3.63) is 35.9 Å². The third-order valence-corrected chi connectivity index (χ3v) is 5.81. The lowest BCUT2D eigenvalue weighted by Gasteiger charge is -2.29. The van der Waals surface area contributed by atoms with E-state index in [1.54, 1.807) is 0 Å². The molecular formula is C21H33ClN2. The summed E-state index contributed by atoms with van der Waals surface area (Å²) in [4.78, 5) is 5.17. The molecule has 2 aliphatic rings. The van der Waals surface area contributed by atoms with E-state index in [-0.39, 0.29) is 12.4 Å². The summed E-state index contributed by atoms with van der Waals surface area (Å²) >= 11 is 0. The molecule has 1 unspecified atom stereocenters. The summed E-state index contributed by atoms with van der Waals surface area (Å²) in [6.45, 7) is 8.22. The van der Waals surface area contributed by atoms with Crippen LogP contribution in [0.15, 0.2) is 35.3 Å². The zero-order chi connectivity index (χ0) is 16.3. The van der Waals surface area contributed by atoms with Crippen LogP contribution in [0.3, 0.4) is 0 Å². The number of hydrogen-bond donors (Lipinski definition) is 1. The monoisotopic (exact) mass is 348 g/mol. The number of hydrogen-bond acceptors (Lipinski definition) is 1. The van der Waals surface area contributed by atoms with E-state index in [0.717, 1.165) is 18.9 Å². The number of aliphatic imine (C=N–C) groups is 1. The molecule has 0 radical (unpaired) electrons. The van der Waals surface area contributed by atoms with Crippen LogP contribution in [-0.4, -0.2) is 18.4 Å². The van der Waals surface area contributed by atoms with Crippen LogP contribution in [0.25, 0.3) is 0 Å². The van der Waals surface area contributed by atoms with Gasteiger partial charge in [-0.3, -0.25) is 4.99 Å². The number of nitrogens with zero attached hydrogens (tertiary/aromatic N) is 1. The first kappa shape index (κ1) is 19.3. The van der Waals surface area contributed by atoms with Gasteiger partial charge in [0, 0.05) is 18.9 Å². The van der Waals surface area contributed by atoms with Crippen molar-refractivity contribution in [2.45, 2.75) is 71.3 Å². The highest BCUT2D eigenvalue weighted by Gasteiger charge is 2.30. The molecule has 1 saturated carbocycles. The Morgan fingerprint density at radius 1 is 1.00 bits per heavy atom. The van der Waals surface area contributed by atoms with E-state index in [0.29, 0.717) is 17.4 Å². The fourth-order valence-corrected chi connectivity index (χ4v) is 4.29. The van der Waals surface area contributed by atoms with Gasteiger partial charge in [0.15, 0.2) is 0 Å². The quantitative estimate of drug-likeness (QED) is 0.741. The van der Waals surface area contributed by atoms with Crippen molar-refractivity contribution in [1.82, 2.24) is 5.32 Å². The summed E-state index contributed by atoms with van der Waals surface area (Å²) in [6, 6.07) is 11.5. The van der Waals surface area contributed by atoms with E-state index in [2.05, 4.69) is 56.4 Å². The summed E-state index contributed by atoms with van der Waals surface area (Å²) in [5.74, 6) is 2.69. The van der Waals surface area contributed by atoms with Crippen LogP contribution in [-0.2, 0) is 0 Å². The first-order valence-corrected chi connectivity index (χ1v) is 9.39. The zero-order valence-corrected chi connectivity index (χ0v) is 16.2. The molecule has 0 bridgehead atoms. The van der Waals surface area contributed by atoms with Crippen LogP contribution in [0.2, 0.25) is 0 Å². The molecule has 3 heteroatoms. The number of nitrogens with one attached hydrogen (secondary N) is 1. The maximum Gasteiger partial charge on any atom is 0.0966 e. The molecule has 1 aliphatic carbocycles. The van der Waals surface area contributed by atoms with Gasteiger partial charge in [-0.2, -0.15) is 0 Å². The SMILES string of the molecule is CC(C)(C)C1CCNC(=N[C@@H]2CCC[C@@H]2c2ccccc2)CC1.Cl. The molecule has 0 aromatic heterocycles. The van der Waals surface area contributed by atoms with Crippen LogP contribution in [0.5, 0.6) is 0 Å². The van der Waals surface area contributed by atoms with Gasteiger partial charge in [0.1, 0.15) is 0 Å². The molecule has 1 N–H and O–H groups in total. The Morgan fingerprint density at radius 3 is 2.46 bits per heavy atom. The molecule has 3 atom stereocenters. The van der Waals surface area contributed by atoms with E-state index in [4.69, 9.17) is 4.99 Å². The molecule has 134 valence electrons. The number of halogens is 1. The number of benzene rings is 1. The van der Waals surface area contributed by atoms with Gasteiger partial charge in [0.05, 0.1) is 11.9 Å². The van der Waals surface area contributed by atoms with Crippen molar-refractivity contribution < 1.29 is 0 Å². The summed E-state index contributed by atoms with van der Waals surface area (Å²) in [6.07, 6.45) is 7.52. The highest BCUT2D eigenvalue weighted by atomic mass is 35.5. The van der Waals surface area contributed by atoms with Gasteiger partial charge in [-0.05, 0) is 42.6 Å². The average Bonchev–Trinajstić information content (AvgIpc) is 2.84. The second kappa shape index (κ2) is 8.38. The molecule has 1 heterocycles. The Morgan fingerprint density at radius 2 is 1.75 bits per heavy atom. The second-order valence-corrected chi connectivity index (χ2v) is 8.41. The Kier molecular flexibility index (Phi) is 6.74. The zero-order valence-electron chi connectivity index (χ0n) is 15.4. The summed E-state index contributed by atoms with van der Waals surface area (Å²) in [7, 11) is 0. The molecule has 0 spiro atoms. The summed E-state index contributed by atoms with van der Waals surface area (Å²) in [5.41, 5.74) is 1.89. The smallest absolute Gasteiger partial charge is 0.0966 e. The van der Waals surface area contributed by atoms with E-state index in [1.165, 1.54) is 43.5 Å². The van der Waals surface area contributed by atoms with Gasteiger partial charge in [-0.25, -0.2) is 0 Å². The number of rotatable bonds is 2. The van der Waals surface area contributed by atoms with Crippen molar-refractivity contribution in [1.29, 1.82) is 0 Å². The molecule has 2 fully saturated rings. The maximum absolute atomic E-state index is 5.17. The Labute approximate surface area is 153 Å². The first-order chi connectivity index (χ1) is 11.0. The van der Waals surface area contributed by atoms with Crippen molar-refractivity contribution in [2.75, 3.05) is 6.54 Å². The van der Waals surface area contributed by atoms with Crippen molar-refractivity contribution in [3.63, 3.8) is 0 Å². The minimum Gasteiger partial charge on any atom is -0.374 e. The van der Waals surface area contributed by atoms with Crippen LogP contribution < -0.4 is 5.32 Å². The van der Waals surface area contributed by atoms with Crippen molar-refractivity contribution >= 4 is 18.2 Å². The third-order valence-electron chi connectivity index (χ3n) is 5.81. The average molecular weight is 349 g/mol. The molecule has 1 aromatic rings. The summed E-state index contributed by atoms with van der Waals surface area (Å²) in [5, 5.41) is 3.63. The Bertz CT molecular complexity index is 533. The highest BCUT2D eigenvalue weighted by molar-refractivity contribution is 5.85. The predicted octanol–water partition coefficient (Wildman–Crippen LogP) is 5.58. The van der Waals surface area contributed by atoms with E-state index in [9.17, 15) is 0 Å². The molecule has 2 nitrogen and oxygen atoms in total. The van der Waals surface area contributed by atoms with E-state index >= 15 is 0 Å². The van der Waals surface area contributed by atoms with Crippen molar-refractivity contribution in [2.24, 2.45) is 16.3 Å². The standard InChI is InChI=1S/C21H32N2.ClH/c1-21(2,3)17-12-13-20(22-15-14-17)23-19-11-7-10-18(19)16-8-5-4-6-9-16;/h4-6,8-9,17-19H,7,10-15H2,1-3H3,(H,22,23);1H/t17?,18-,19-;/m1./s1. The largest absolute Gasteiger partial charge is 0.374 e. The summed E-state index contributed by atoms with van der Waals surface area (Å²) < 4.78 is 0. The Balaban J connectivity index is 0.00000208. The van der Waals surface area contributed by atoms with Crippen LogP contribution in [0.4, 0.5) is 0 Å². The van der Waals surface area contributed by atoms with Gasteiger partial charge in [0.2, 0.25) is 0 Å². The predicted molar refractivity (Wildman–Crippen MR) is 106 cm³/mol. The van der Waals surface area contributed by atoms with Crippen LogP contribution in [0, 0.1) is 11.3 Å². The molecule has 0 amide bonds. The number of amidine groups is 1. The lowest BCUT2D eigenvalue weighted by Crippen LogP contribution is -2.25. The topological polar surface area (TPSA) is 24.4 Å². The normalized spacial score (nSPS) is 29.6. The minimum absolute atomic E-state index is 0. The fraction of sp³-hybridized carbons (Fsp3) is 0.667. The Hall–Kier alpha value is -1.02. The van der Waals surface area contributed by atoms with Crippen LogP contribution >= 0.6 is 12.4 Å². The molecule has 1 aliphatic heterocycles. The first-order valence-electron chi connectivity index (χ1n) is 9.39. The van der Waals surface area contributed by atoms with E-state index < -0.39 is 0 Å². The molecule has 3 rings (SSSR count). The van der Waals surface area contributed by atoms with Gasteiger partial charge in [-0.1, -0.05) is 57.5 Å². The second-order valence-electron chi connectivity index (χ2n) is 8.41. The van der Waals surface area contributed by atoms with Gasteiger partial charge in [0.25, 0.3) is 0 Å². The molecule has 1 aromatic carbocycles. The van der Waals surface area contributed by atoms with Gasteiger partial charge >= 0.3 is 0 Å². The minimum atomic E-state index is 0. The van der Waals surface area contributed by atoms with Gasteiger partial charge < -0.3 is 5.32 Å². The fourth-order valence-electron chi connectivity index (χ4n) is 4.29. The lowest BCUT2D eigenvalue weighted by atomic mass is 9.76. The van der Waals surface area contributed by atoms with E-state index in [1.807, 2.05) is 0 Å². The highest BCUT2D eigenvalue weighted by Crippen LogP contribution is 2.37. The third kappa shape index (κ3) is 4.75. The maximum atomic E-state index is 5.17.